The molecular formula is C30H19ClF11N3O2. The van der Waals surface area contributed by atoms with Gasteiger partial charge in [-0.05, 0) is 73.7 Å². The van der Waals surface area contributed by atoms with E-state index < -0.39 is 81.0 Å². The Balaban J connectivity index is 1.78. The lowest BCUT2D eigenvalue weighted by Gasteiger charge is -2.31. The second-order valence-corrected chi connectivity index (χ2v) is 11.0. The molecule has 0 saturated heterocycles. The van der Waals surface area contributed by atoms with Crippen molar-refractivity contribution >= 4 is 34.8 Å². The number of nitrogens with one attached hydrogen (secondary N) is 1. The summed E-state index contributed by atoms with van der Waals surface area (Å²) in [5.41, 5.74) is -13.6. The molecular weight excluding hydrogens is 679 g/mol. The summed E-state index contributed by atoms with van der Waals surface area (Å²) in [5, 5.41) is 9.09. The van der Waals surface area contributed by atoms with E-state index in [0.717, 1.165) is 23.1 Å². The monoisotopic (exact) mass is 697 g/mol. The van der Waals surface area contributed by atoms with Gasteiger partial charge in [0.2, 0.25) is 0 Å². The van der Waals surface area contributed by atoms with Gasteiger partial charge in [-0.1, -0.05) is 17.7 Å². The van der Waals surface area contributed by atoms with Crippen LogP contribution >= 0.6 is 11.6 Å². The number of carbonyl (C=O) groups excluding carboxylic acids is 2. The number of halogens is 12. The lowest BCUT2D eigenvalue weighted by atomic mass is 9.91. The normalized spacial score (nSPS) is 14.0. The number of hydrogen-bond acceptors (Lipinski definition) is 3. The smallest absolute Gasteiger partial charge is 0.320 e. The van der Waals surface area contributed by atoms with Gasteiger partial charge in [-0.2, -0.15) is 44.8 Å². The standard InChI is InChI=1S/C30H19ClF11N3O2/c1-14-9-16(12-43)7-8-18(14)26(47)45(13-15-5-6-15)22-4-2-3-19(23(22)32)25(46)44-24-20(28(34,35)36)10-17(11-21(24)31)27(33,29(37,38)39)30(40,41)42/h2-4,7-11,15H,5-6,13H2,1H3,(H,44,46). The van der Waals surface area contributed by atoms with Crippen LogP contribution in [0.15, 0.2) is 48.5 Å². The topological polar surface area (TPSA) is 73.2 Å². The van der Waals surface area contributed by atoms with E-state index in [1.165, 1.54) is 25.1 Å². The minimum atomic E-state index is -6.77. The maximum atomic E-state index is 15.9. The number of nitrogens with zero attached hydrogens (tertiary/aromatic N) is 2. The molecule has 1 aliphatic rings. The molecule has 0 aromatic heterocycles. The van der Waals surface area contributed by atoms with Crippen LogP contribution in [0.5, 0.6) is 0 Å². The van der Waals surface area contributed by atoms with E-state index in [2.05, 4.69) is 0 Å². The zero-order chi connectivity index (χ0) is 35.3. The van der Waals surface area contributed by atoms with Gasteiger partial charge >= 0.3 is 24.2 Å². The van der Waals surface area contributed by atoms with Gasteiger partial charge in [-0.15, -0.1) is 0 Å². The summed E-state index contributed by atoms with van der Waals surface area (Å²) in [4.78, 5) is 27.6. The largest absolute Gasteiger partial charge is 0.435 e. The Morgan fingerprint density at radius 1 is 0.936 bits per heavy atom. The molecule has 1 saturated carbocycles. The van der Waals surface area contributed by atoms with Gasteiger partial charge in [-0.25, -0.2) is 8.78 Å². The first-order valence-electron chi connectivity index (χ1n) is 13.3. The van der Waals surface area contributed by atoms with Gasteiger partial charge in [0.25, 0.3) is 11.8 Å². The van der Waals surface area contributed by atoms with Crippen molar-refractivity contribution in [3.8, 4) is 6.07 Å². The summed E-state index contributed by atoms with van der Waals surface area (Å²) in [6, 6.07) is 7.77. The van der Waals surface area contributed by atoms with Crippen molar-refractivity contribution in [1.29, 1.82) is 5.26 Å². The van der Waals surface area contributed by atoms with Crippen LogP contribution < -0.4 is 10.2 Å². The third-order valence-electron chi connectivity index (χ3n) is 7.30. The summed E-state index contributed by atoms with van der Waals surface area (Å²) in [6.45, 7) is 1.49. The molecule has 0 heterocycles. The summed E-state index contributed by atoms with van der Waals surface area (Å²) in [6.07, 6.45) is -18.0. The number of aryl methyl sites for hydroxylation is 1. The molecule has 0 radical (unpaired) electrons. The van der Waals surface area contributed by atoms with Gasteiger partial charge in [0, 0.05) is 17.7 Å². The third-order valence-corrected chi connectivity index (χ3v) is 7.59. The molecule has 0 unspecified atom stereocenters. The number of nitriles is 1. The molecule has 250 valence electrons. The Morgan fingerprint density at radius 2 is 1.55 bits per heavy atom. The van der Waals surface area contributed by atoms with Crippen LogP contribution in [0, 0.1) is 30.0 Å². The fourth-order valence-electron chi connectivity index (χ4n) is 4.70. The maximum absolute atomic E-state index is 15.9. The Labute approximate surface area is 263 Å². The Kier molecular flexibility index (Phi) is 9.30. The molecule has 4 rings (SSSR count). The van der Waals surface area contributed by atoms with Crippen molar-refractivity contribution in [2.75, 3.05) is 16.8 Å². The van der Waals surface area contributed by atoms with Crippen molar-refractivity contribution in [2.24, 2.45) is 5.92 Å². The van der Waals surface area contributed by atoms with Gasteiger partial charge in [0.15, 0.2) is 5.82 Å². The van der Waals surface area contributed by atoms with Crippen LogP contribution in [0.3, 0.4) is 0 Å². The number of alkyl halides is 10. The number of amides is 2. The van der Waals surface area contributed by atoms with Crippen LogP contribution in [0.4, 0.5) is 59.7 Å². The molecule has 47 heavy (non-hydrogen) atoms. The molecule has 3 aromatic carbocycles. The number of rotatable bonds is 7. The average Bonchev–Trinajstić information content (AvgIpc) is 3.78. The highest BCUT2D eigenvalue weighted by molar-refractivity contribution is 6.34. The fraction of sp³-hybridized carbons (Fsp3) is 0.300. The number of hydrogen-bond donors (Lipinski definition) is 1. The number of benzene rings is 3. The van der Waals surface area contributed by atoms with Crippen molar-refractivity contribution in [3.63, 3.8) is 0 Å². The van der Waals surface area contributed by atoms with Gasteiger partial charge in [0.05, 0.1) is 39.2 Å². The van der Waals surface area contributed by atoms with E-state index in [9.17, 15) is 53.5 Å². The van der Waals surface area contributed by atoms with Crippen LogP contribution in [0.1, 0.15) is 55.8 Å². The van der Waals surface area contributed by atoms with E-state index in [0.29, 0.717) is 18.4 Å². The first-order valence-corrected chi connectivity index (χ1v) is 13.7. The molecule has 1 N–H and O–H groups in total. The van der Waals surface area contributed by atoms with E-state index in [1.807, 2.05) is 6.07 Å². The summed E-state index contributed by atoms with van der Waals surface area (Å²) in [7, 11) is 0. The summed E-state index contributed by atoms with van der Waals surface area (Å²) in [5.74, 6) is -3.89. The Hall–Kier alpha value is -4.39. The molecule has 0 bridgehead atoms. The van der Waals surface area contributed by atoms with Gasteiger partial charge < -0.3 is 10.2 Å². The molecule has 2 amide bonds. The molecule has 0 aliphatic heterocycles. The SMILES string of the molecule is Cc1cc(C#N)ccc1C(=O)N(CC1CC1)c1cccc(C(=O)Nc2c(Cl)cc(C(F)(C(F)(F)F)C(F)(F)F)cc2C(F)(F)F)c1F. The highest BCUT2D eigenvalue weighted by atomic mass is 35.5. The molecule has 5 nitrogen and oxygen atoms in total. The molecule has 17 heteroatoms. The van der Waals surface area contributed by atoms with Crippen molar-refractivity contribution in [3.05, 3.63) is 92.8 Å². The molecule has 0 atom stereocenters. The molecule has 0 spiro atoms. The highest BCUT2D eigenvalue weighted by Gasteiger charge is 2.73. The first kappa shape index (κ1) is 35.5. The quantitative estimate of drug-likeness (QED) is 0.250. The summed E-state index contributed by atoms with van der Waals surface area (Å²) < 4.78 is 152. The van der Waals surface area contributed by atoms with Crippen molar-refractivity contribution in [1.82, 2.24) is 0 Å². The van der Waals surface area contributed by atoms with E-state index in [-0.39, 0.29) is 29.7 Å². The third kappa shape index (κ3) is 6.85. The minimum absolute atomic E-state index is 0.0326. The predicted octanol–water partition coefficient (Wildman–Crippen LogP) is 9.28. The first-order chi connectivity index (χ1) is 21.6. The van der Waals surface area contributed by atoms with Gasteiger partial charge in [0.1, 0.15) is 0 Å². The second-order valence-electron chi connectivity index (χ2n) is 10.6. The van der Waals surface area contributed by atoms with Crippen LogP contribution in [-0.4, -0.2) is 30.7 Å². The van der Waals surface area contributed by atoms with E-state index in [4.69, 9.17) is 16.9 Å². The number of anilines is 2. The van der Waals surface area contributed by atoms with Crippen LogP contribution in [0.2, 0.25) is 5.02 Å². The zero-order valence-corrected chi connectivity index (χ0v) is 24.3. The van der Waals surface area contributed by atoms with Crippen molar-refractivity contribution < 1.29 is 57.9 Å². The fourth-order valence-corrected chi connectivity index (χ4v) is 4.96. The van der Waals surface area contributed by atoms with Crippen LogP contribution in [-0.2, 0) is 11.8 Å². The lowest BCUT2D eigenvalue weighted by Crippen LogP contribution is -2.50. The Morgan fingerprint density at radius 3 is 2.06 bits per heavy atom. The Bertz CT molecular complexity index is 1760. The number of carbonyl (C=O) groups is 2. The molecule has 1 fully saturated rings. The van der Waals surface area contributed by atoms with E-state index in [1.54, 1.807) is 5.32 Å². The maximum Gasteiger partial charge on any atom is 0.435 e. The zero-order valence-electron chi connectivity index (χ0n) is 23.6. The van der Waals surface area contributed by atoms with Crippen LogP contribution in [0.25, 0.3) is 0 Å². The predicted molar refractivity (Wildman–Crippen MR) is 146 cm³/mol. The second kappa shape index (κ2) is 12.3. The van der Waals surface area contributed by atoms with E-state index >= 15 is 4.39 Å². The average molecular weight is 698 g/mol. The minimum Gasteiger partial charge on any atom is -0.320 e. The van der Waals surface area contributed by atoms with Gasteiger partial charge in [-0.3, -0.25) is 9.59 Å². The molecule has 1 aliphatic carbocycles. The molecule has 3 aromatic rings. The summed E-state index contributed by atoms with van der Waals surface area (Å²) >= 11 is 5.63. The van der Waals surface area contributed by atoms with Crippen molar-refractivity contribution in [2.45, 2.75) is 44.0 Å². The highest BCUT2D eigenvalue weighted by Crippen LogP contribution is 2.55. The lowest BCUT2D eigenvalue weighted by molar-refractivity contribution is -0.348.